The lowest BCUT2D eigenvalue weighted by Crippen LogP contribution is -2.30. The van der Waals surface area contributed by atoms with Crippen LogP contribution >= 0.6 is 0 Å². The molecule has 0 unspecified atom stereocenters. The smallest absolute Gasteiger partial charge is 0.253 e. The number of hydrogen-bond acceptors (Lipinski definition) is 3. The third-order valence-corrected chi connectivity index (χ3v) is 4.83. The summed E-state index contributed by atoms with van der Waals surface area (Å²) in [6, 6.07) is 17.8. The molecule has 4 heteroatoms. The molecule has 1 aliphatic heterocycles. The highest BCUT2D eigenvalue weighted by molar-refractivity contribution is 5.99. The van der Waals surface area contributed by atoms with Crippen LogP contribution in [0.3, 0.4) is 0 Å². The Kier molecular flexibility index (Phi) is 6.45. The van der Waals surface area contributed by atoms with E-state index in [1.807, 2.05) is 12.1 Å². The molecule has 3 N–H and O–H groups in total. The first kappa shape index (κ1) is 18.2. The lowest BCUT2D eigenvalue weighted by atomic mass is 9.99. The summed E-state index contributed by atoms with van der Waals surface area (Å²) in [6.07, 6.45) is 5.51. The van der Waals surface area contributed by atoms with Gasteiger partial charge in [0.25, 0.3) is 5.91 Å². The van der Waals surface area contributed by atoms with Crippen molar-refractivity contribution in [2.75, 3.05) is 31.9 Å². The molecule has 3 rings (SSSR count). The zero-order chi connectivity index (χ0) is 18.2. The van der Waals surface area contributed by atoms with Crippen molar-refractivity contribution in [3.05, 3.63) is 71.8 Å². The van der Waals surface area contributed by atoms with Crippen molar-refractivity contribution in [2.45, 2.75) is 19.3 Å². The van der Waals surface area contributed by atoms with E-state index in [-0.39, 0.29) is 5.91 Å². The van der Waals surface area contributed by atoms with Gasteiger partial charge in [0.05, 0.1) is 5.56 Å². The SMILES string of the molecule is Nc1ccccc1C(=O)NCCCCN1CC=C(c2ccccc2)CC1. The first-order valence-corrected chi connectivity index (χ1v) is 9.33. The van der Waals surface area contributed by atoms with E-state index in [2.05, 4.69) is 46.6 Å². The molecule has 1 heterocycles. The second kappa shape index (κ2) is 9.20. The molecule has 4 nitrogen and oxygen atoms in total. The Morgan fingerprint density at radius 2 is 1.81 bits per heavy atom. The van der Waals surface area contributed by atoms with E-state index in [1.165, 1.54) is 11.1 Å². The molecule has 0 saturated heterocycles. The molecule has 1 aliphatic rings. The van der Waals surface area contributed by atoms with Crippen molar-refractivity contribution in [1.29, 1.82) is 0 Å². The van der Waals surface area contributed by atoms with Crippen LogP contribution in [0, 0.1) is 0 Å². The Morgan fingerprint density at radius 1 is 1.04 bits per heavy atom. The monoisotopic (exact) mass is 349 g/mol. The van der Waals surface area contributed by atoms with Crippen molar-refractivity contribution >= 4 is 17.2 Å². The van der Waals surface area contributed by atoms with Gasteiger partial charge < -0.3 is 11.1 Å². The molecule has 0 fully saturated rings. The van der Waals surface area contributed by atoms with Crippen LogP contribution in [0.25, 0.3) is 5.57 Å². The van der Waals surface area contributed by atoms with Gasteiger partial charge in [-0.2, -0.15) is 0 Å². The highest BCUT2D eigenvalue weighted by Crippen LogP contribution is 2.22. The van der Waals surface area contributed by atoms with Crippen molar-refractivity contribution in [1.82, 2.24) is 10.2 Å². The molecule has 0 aliphatic carbocycles. The minimum Gasteiger partial charge on any atom is -0.398 e. The van der Waals surface area contributed by atoms with Gasteiger partial charge in [-0.3, -0.25) is 9.69 Å². The summed E-state index contributed by atoms with van der Waals surface area (Å²) in [5, 5.41) is 2.96. The number of nitrogen functional groups attached to an aromatic ring is 1. The molecule has 0 saturated carbocycles. The fourth-order valence-corrected chi connectivity index (χ4v) is 3.29. The Labute approximate surface area is 155 Å². The van der Waals surface area contributed by atoms with E-state index >= 15 is 0 Å². The molecule has 0 atom stereocenters. The topological polar surface area (TPSA) is 58.4 Å². The van der Waals surface area contributed by atoms with Crippen LogP contribution in [0.2, 0.25) is 0 Å². The van der Waals surface area contributed by atoms with Gasteiger partial charge in [-0.25, -0.2) is 0 Å². The maximum atomic E-state index is 12.1. The van der Waals surface area contributed by atoms with Gasteiger partial charge in [-0.15, -0.1) is 0 Å². The standard InChI is InChI=1S/C22H27N3O/c23-21-11-5-4-10-20(21)22(26)24-14-6-7-15-25-16-12-19(13-17-25)18-8-2-1-3-9-18/h1-5,8-12H,6-7,13-17,23H2,(H,24,26). The maximum Gasteiger partial charge on any atom is 0.253 e. The van der Waals surface area contributed by atoms with Gasteiger partial charge in [-0.1, -0.05) is 48.5 Å². The highest BCUT2D eigenvalue weighted by Gasteiger charge is 2.12. The van der Waals surface area contributed by atoms with Crippen LogP contribution in [0.5, 0.6) is 0 Å². The van der Waals surface area contributed by atoms with Crippen LogP contribution in [-0.4, -0.2) is 37.0 Å². The summed E-state index contributed by atoms with van der Waals surface area (Å²) in [4.78, 5) is 14.6. The Morgan fingerprint density at radius 3 is 2.54 bits per heavy atom. The summed E-state index contributed by atoms with van der Waals surface area (Å²) in [7, 11) is 0. The molecule has 136 valence electrons. The van der Waals surface area contributed by atoms with Crippen molar-refractivity contribution in [3.8, 4) is 0 Å². The van der Waals surface area contributed by atoms with E-state index in [9.17, 15) is 4.79 Å². The Balaban J connectivity index is 1.34. The summed E-state index contributed by atoms with van der Waals surface area (Å²) >= 11 is 0. The number of nitrogens with two attached hydrogens (primary N) is 1. The van der Waals surface area contributed by atoms with Crippen molar-refractivity contribution in [3.63, 3.8) is 0 Å². The molecule has 2 aromatic carbocycles. The fraction of sp³-hybridized carbons (Fsp3) is 0.318. The summed E-state index contributed by atoms with van der Waals surface area (Å²) in [5.74, 6) is -0.0866. The number of rotatable bonds is 7. The molecule has 0 spiro atoms. The van der Waals surface area contributed by atoms with Gasteiger partial charge in [0.1, 0.15) is 0 Å². The lowest BCUT2D eigenvalue weighted by Gasteiger charge is -2.26. The molecule has 2 aromatic rings. The van der Waals surface area contributed by atoms with Crippen LogP contribution < -0.4 is 11.1 Å². The number of unbranched alkanes of at least 4 members (excludes halogenated alkanes) is 1. The normalized spacial score (nSPS) is 14.7. The average Bonchev–Trinajstić information content (AvgIpc) is 2.69. The number of benzene rings is 2. The molecular formula is C22H27N3O. The number of carbonyl (C=O) groups is 1. The second-order valence-electron chi connectivity index (χ2n) is 6.70. The minimum atomic E-state index is -0.0866. The third-order valence-electron chi connectivity index (χ3n) is 4.83. The van der Waals surface area contributed by atoms with Crippen LogP contribution in [-0.2, 0) is 0 Å². The van der Waals surface area contributed by atoms with Crippen molar-refractivity contribution in [2.24, 2.45) is 0 Å². The largest absolute Gasteiger partial charge is 0.398 e. The zero-order valence-electron chi connectivity index (χ0n) is 15.2. The Bertz CT molecular complexity index is 755. The van der Waals surface area contributed by atoms with Crippen LogP contribution in [0.4, 0.5) is 5.69 Å². The summed E-state index contributed by atoms with van der Waals surface area (Å²) in [5.41, 5.74) is 9.71. The van der Waals surface area contributed by atoms with E-state index in [4.69, 9.17) is 5.73 Å². The second-order valence-corrected chi connectivity index (χ2v) is 6.70. The molecular weight excluding hydrogens is 322 g/mol. The number of para-hydroxylation sites is 1. The molecule has 0 aromatic heterocycles. The number of carbonyl (C=O) groups excluding carboxylic acids is 1. The van der Waals surface area contributed by atoms with Gasteiger partial charge in [-0.05, 0) is 49.1 Å². The number of anilines is 1. The van der Waals surface area contributed by atoms with E-state index in [0.717, 1.165) is 38.9 Å². The molecule has 1 amide bonds. The predicted octanol–water partition coefficient (Wildman–Crippen LogP) is 3.57. The molecule has 0 radical (unpaired) electrons. The number of nitrogens with zero attached hydrogens (tertiary/aromatic N) is 1. The zero-order valence-corrected chi connectivity index (χ0v) is 15.2. The van der Waals surface area contributed by atoms with E-state index in [1.54, 1.807) is 12.1 Å². The van der Waals surface area contributed by atoms with Crippen molar-refractivity contribution < 1.29 is 4.79 Å². The maximum absolute atomic E-state index is 12.1. The number of amides is 1. The first-order chi connectivity index (χ1) is 12.7. The number of hydrogen-bond donors (Lipinski definition) is 2. The summed E-state index contributed by atoms with van der Waals surface area (Å²) < 4.78 is 0. The van der Waals surface area contributed by atoms with Gasteiger partial charge >= 0.3 is 0 Å². The predicted molar refractivity (Wildman–Crippen MR) is 108 cm³/mol. The van der Waals surface area contributed by atoms with E-state index in [0.29, 0.717) is 17.8 Å². The highest BCUT2D eigenvalue weighted by atomic mass is 16.1. The van der Waals surface area contributed by atoms with Gasteiger partial charge in [0.2, 0.25) is 0 Å². The van der Waals surface area contributed by atoms with Crippen LogP contribution in [0.15, 0.2) is 60.7 Å². The quantitative estimate of drug-likeness (QED) is 0.593. The first-order valence-electron chi connectivity index (χ1n) is 9.33. The lowest BCUT2D eigenvalue weighted by molar-refractivity contribution is 0.0953. The molecule has 0 bridgehead atoms. The minimum absolute atomic E-state index is 0.0866. The molecule has 26 heavy (non-hydrogen) atoms. The Hall–Kier alpha value is -2.59. The van der Waals surface area contributed by atoms with Crippen LogP contribution in [0.1, 0.15) is 35.2 Å². The summed E-state index contributed by atoms with van der Waals surface area (Å²) in [6.45, 7) is 3.87. The third kappa shape index (κ3) is 4.96. The van der Waals surface area contributed by atoms with E-state index < -0.39 is 0 Å². The van der Waals surface area contributed by atoms with Gasteiger partial charge in [0.15, 0.2) is 0 Å². The number of nitrogens with one attached hydrogen (secondary N) is 1. The fourth-order valence-electron chi connectivity index (χ4n) is 3.29. The van der Waals surface area contributed by atoms with Gasteiger partial charge in [0, 0.05) is 25.3 Å². The average molecular weight is 349 g/mol.